The van der Waals surface area contributed by atoms with Crippen LogP contribution in [0.2, 0.25) is 0 Å². The topological polar surface area (TPSA) is 83.2 Å². The van der Waals surface area contributed by atoms with E-state index in [4.69, 9.17) is 4.74 Å². The highest BCUT2D eigenvalue weighted by Gasteiger charge is 2.20. The summed E-state index contributed by atoms with van der Waals surface area (Å²) in [5, 5.41) is 5.57. The van der Waals surface area contributed by atoms with Crippen molar-refractivity contribution >= 4 is 11.8 Å². The number of nitrogens with one attached hydrogen (secondary N) is 3. The first kappa shape index (κ1) is 18.6. The highest BCUT2D eigenvalue weighted by atomic mass is 16.5. The minimum Gasteiger partial charge on any atom is -0.483 e. The zero-order chi connectivity index (χ0) is 18.4. The molecular weight excluding hydrogens is 318 g/mol. The van der Waals surface area contributed by atoms with Crippen molar-refractivity contribution in [2.45, 2.75) is 33.2 Å². The largest absolute Gasteiger partial charge is 0.483 e. The molecule has 3 N–H and O–H groups in total. The van der Waals surface area contributed by atoms with Gasteiger partial charge in [-0.3, -0.25) is 9.59 Å². The van der Waals surface area contributed by atoms with E-state index in [9.17, 15) is 9.59 Å². The number of carbonyl (C=O) groups is 2. The molecule has 2 amide bonds. The molecule has 25 heavy (non-hydrogen) atoms. The number of rotatable bonds is 7. The minimum absolute atomic E-state index is 0.0627. The lowest BCUT2D eigenvalue weighted by atomic mass is 10.0. The monoisotopic (exact) mass is 343 g/mol. The Bertz CT molecular complexity index is 752. The Morgan fingerprint density at radius 1 is 1.24 bits per heavy atom. The van der Waals surface area contributed by atoms with Crippen LogP contribution >= 0.6 is 0 Å². The maximum atomic E-state index is 12.6. The lowest BCUT2D eigenvalue weighted by Gasteiger charge is -2.20. The first-order chi connectivity index (χ1) is 12.0. The summed E-state index contributed by atoms with van der Waals surface area (Å²) in [5.74, 6) is 0.237. The van der Waals surface area contributed by atoms with Gasteiger partial charge in [0, 0.05) is 18.3 Å². The molecule has 6 nitrogen and oxygen atoms in total. The van der Waals surface area contributed by atoms with Crippen molar-refractivity contribution in [3.8, 4) is 5.75 Å². The summed E-state index contributed by atoms with van der Waals surface area (Å²) in [5.41, 5.74) is 3.28. The van der Waals surface area contributed by atoms with Crippen LogP contribution < -0.4 is 15.4 Å². The molecule has 1 aromatic heterocycles. The average Bonchev–Trinajstić information content (AvgIpc) is 2.96. The van der Waals surface area contributed by atoms with E-state index in [1.807, 2.05) is 45.0 Å². The van der Waals surface area contributed by atoms with Crippen molar-refractivity contribution in [1.82, 2.24) is 15.6 Å². The molecule has 0 fully saturated rings. The van der Waals surface area contributed by atoms with Gasteiger partial charge >= 0.3 is 0 Å². The predicted octanol–water partition coefficient (Wildman–Crippen LogP) is 2.64. The van der Waals surface area contributed by atoms with E-state index in [2.05, 4.69) is 15.6 Å². The van der Waals surface area contributed by atoms with Crippen LogP contribution in [0.15, 0.2) is 30.3 Å². The second-order valence-corrected chi connectivity index (χ2v) is 5.94. The SMILES string of the molecule is CC[C@@H](NC(=O)c1[nH]c(C)cc1C)c1ccccc1OCC(=O)NC. The Labute approximate surface area is 148 Å². The first-order valence-electron chi connectivity index (χ1n) is 8.35. The van der Waals surface area contributed by atoms with Gasteiger partial charge in [0.05, 0.1) is 6.04 Å². The number of aryl methyl sites for hydroxylation is 2. The second-order valence-electron chi connectivity index (χ2n) is 5.94. The molecule has 0 aliphatic rings. The van der Waals surface area contributed by atoms with Gasteiger partial charge in [-0.1, -0.05) is 25.1 Å². The van der Waals surface area contributed by atoms with Crippen LogP contribution in [0.4, 0.5) is 0 Å². The molecule has 0 spiro atoms. The van der Waals surface area contributed by atoms with Gasteiger partial charge in [-0.2, -0.15) is 0 Å². The van der Waals surface area contributed by atoms with E-state index < -0.39 is 0 Å². The fourth-order valence-electron chi connectivity index (χ4n) is 2.71. The summed E-state index contributed by atoms with van der Waals surface area (Å²) in [6.07, 6.45) is 0.699. The summed E-state index contributed by atoms with van der Waals surface area (Å²) in [6.45, 7) is 5.75. The molecule has 0 saturated heterocycles. The molecule has 1 atom stereocenters. The molecule has 0 unspecified atom stereocenters. The average molecular weight is 343 g/mol. The van der Waals surface area contributed by atoms with Crippen LogP contribution in [0, 0.1) is 13.8 Å². The Balaban J connectivity index is 2.18. The predicted molar refractivity (Wildman–Crippen MR) is 96.8 cm³/mol. The quantitative estimate of drug-likeness (QED) is 0.723. The lowest BCUT2D eigenvalue weighted by Crippen LogP contribution is -2.30. The summed E-state index contributed by atoms with van der Waals surface area (Å²) >= 11 is 0. The van der Waals surface area contributed by atoms with Crippen molar-refractivity contribution in [1.29, 1.82) is 0 Å². The normalized spacial score (nSPS) is 11.7. The minimum atomic E-state index is -0.212. The zero-order valence-corrected chi connectivity index (χ0v) is 15.1. The van der Waals surface area contributed by atoms with Crippen molar-refractivity contribution in [2.75, 3.05) is 13.7 Å². The van der Waals surface area contributed by atoms with Gasteiger partial charge < -0.3 is 20.4 Å². The third-order valence-electron chi connectivity index (χ3n) is 4.02. The number of aromatic nitrogens is 1. The number of para-hydroxylation sites is 1. The van der Waals surface area contributed by atoms with Gasteiger partial charge in [0.1, 0.15) is 11.4 Å². The van der Waals surface area contributed by atoms with E-state index in [0.717, 1.165) is 16.8 Å². The van der Waals surface area contributed by atoms with Gasteiger partial charge in [-0.15, -0.1) is 0 Å². The standard InChI is InChI=1S/C19H25N3O3/c1-5-15(22-19(24)18-12(2)10-13(3)21-18)14-8-6-7-9-16(14)25-11-17(23)20-4/h6-10,15,21H,5,11H2,1-4H3,(H,20,23)(H,22,24)/t15-/m1/s1. The van der Waals surface area contributed by atoms with Crippen molar-refractivity contribution in [3.05, 3.63) is 52.8 Å². The molecule has 0 bridgehead atoms. The van der Waals surface area contributed by atoms with Crippen LogP contribution in [0.5, 0.6) is 5.75 Å². The molecule has 0 radical (unpaired) electrons. The molecule has 2 aromatic rings. The van der Waals surface area contributed by atoms with Crippen LogP contribution in [0.1, 0.15) is 46.7 Å². The Kier molecular flexibility index (Phi) is 6.22. The number of carbonyl (C=O) groups excluding carboxylic acids is 2. The van der Waals surface area contributed by atoms with Crippen molar-refractivity contribution in [3.63, 3.8) is 0 Å². The summed E-state index contributed by atoms with van der Waals surface area (Å²) in [7, 11) is 1.56. The van der Waals surface area contributed by atoms with Crippen LogP contribution in [0.25, 0.3) is 0 Å². The highest BCUT2D eigenvalue weighted by molar-refractivity contribution is 5.94. The number of ether oxygens (including phenoxy) is 1. The van der Waals surface area contributed by atoms with E-state index in [-0.39, 0.29) is 24.5 Å². The maximum absolute atomic E-state index is 12.6. The van der Waals surface area contributed by atoms with Crippen LogP contribution in [-0.2, 0) is 4.79 Å². The number of amides is 2. The number of aromatic amines is 1. The molecule has 134 valence electrons. The number of hydrogen-bond donors (Lipinski definition) is 3. The molecule has 2 rings (SSSR count). The fourth-order valence-corrected chi connectivity index (χ4v) is 2.71. The third kappa shape index (κ3) is 4.62. The van der Waals surface area contributed by atoms with Crippen molar-refractivity contribution in [2.24, 2.45) is 0 Å². The molecule has 0 aliphatic heterocycles. The molecule has 0 saturated carbocycles. The van der Waals surface area contributed by atoms with Gasteiger partial charge in [-0.05, 0) is 38.0 Å². The van der Waals surface area contributed by atoms with Crippen LogP contribution in [0.3, 0.4) is 0 Å². The maximum Gasteiger partial charge on any atom is 0.268 e. The van der Waals surface area contributed by atoms with Gasteiger partial charge in [0.15, 0.2) is 6.61 Å². The number of H-pyrrole nitrogens is 1. The Hall–Kier alpha value is -2.76. The fraction of sp³-hybridized carbons (Fsp3) is 0.368. The second kappa shape index (κ2) is 8.37. The van der Waals surface area contributed by atoms with Crippen LogP contribution in [-0.4, -0.2) is 30.5 Å². The van der Waals surface area contributed by atoms with E-state index >= 15 is 0 Å². The summed E-state index contributed by atoms with van der Waals surface area (Å²) in [6, 6.07) is 9.17. The highest BCUT2D eigenvalue weighted by Crippen LogP contribution is 2.27. The van der Waals surface area contributed by atoms with Crippen molar-refractivity contribution < 1.29 is 14.3 Å². The smallest absolute Gasteiger partial charge is 0.268 e. The zero-order valence-electron chi connectivity index (χ0n) is 15.1. The van der Waals surface area contributed by atoms with Gasteiger partial charge in [0.25, 0.3) is 11.8 Å². The molecular formula is C19H25N3O3. The summed E-state index contributed by atoms with van der Waals surface area (Å²) < 4.78 is 5.62. The number of likely N-dealkylation sites (N-methyl/N-ethyl adjacent to an activating group) is 1. The number of benzene rings is 1. The third-order valence-corrected chi connectivity index (χ3v) is 4.02. The van der Waals surface area contributed by atoms with E-state index in [1.54, 1.807) is 13.1 Å². The number of hydrogen-bond acceptors (Lipinski definition) is 3. The molecule has 1 heterocycles. The Morgan fingerprint density at radius 2 is 1.96 bits per heavy atom. The van der Waals surface area contributed by atoms with Gasteiger partial charge in [-0.25, -0.2) is 0 Å². The molecule has 0 aliphatic carbocycles. The Morgan fingerprint density at radius 3 is 2.56 bits per heavy atom. The molecule has 6 heteroatoms. The van der Waals surface area contributed by atoms with Gasteiger partial charge in [0.2, 0.25) is 0 Å². The van der Waals surface area contributed by atoms with E-state index in [1.165, 1.54) is 0 Å². The summed E-state index contributed by atoms with van der Waals surface area (Å²) in [4.78, 5) is 27.1. The first-order valence-corrected chi connectivity index (χ1v) is 8.35. The lowest BCUT2D eigenvalue weighted by molar-refractivity contribution is -0.122. The molecule has 1 aromatic carbocycles. The van der Waals surface area contributed by atoms with E-state index in [0.29, 0.717) is 17.9 Å².